The number of nitrogens with zero attached hydrogens (tertiary/aromatic N) is 1. The van der Waals surface area contributed by atoms with Crippen LogP contribution >= 0.6 is 0 Å². The monoisotopic (exact) mass is 276 g/mol. The minimum absolute atomic E-state index is 0.184. The normalized spacial score (nSPS) is 22.8. The van der Waals surface area contributed by atoms with E-state index in [1.807, 2.05) is 13.0 Å². The standard InChI is InChI=1S/C16H24N2O2/c1-11(2)13-6-4-5-7-14(13)17-15-10-12(3)8-9-16(15)18(19)20/h8-11,13-14,17H,4-7H2,1-3H3. The van der Waals surface area contributed by atoms with Crippen molar-refractivity contribution in [3.05, 3.63) is 33.9 Å². The van der Waals surface area contributed by atoms with Crippen molar-refractivity contribution in [2.75, 3.05) is 5.32 Å². The van der Waals surface area contributed by atoms with E-state index in [1.165, 1.54) is 19.3 Å². The predicted molar refractivity (Wildman–Crippen MR) is 82.0 cm³/mol. The average molecular weight is 276 g/mol. The van der Waals surface area contributed by atoms with Crippen LogP contribution in [0, 0.1) is 28.9 Å². The van der Waals surface area contributed by atoms with Crippen molar-refractivity contribution in [1.82, 2.24) is 0 Å². The second-order valence-electron chi connectivity index (χ2n) is 6.22. The van der Waals surface area contributed by atoms with Crippen LogP contribution in [0.4, 0.5) is 11.4 Å². The van der Waals surface area contributed by atoms with Gasteiger partial charge in [-0.15, -0.1) is 0 Å². The molecule has 0 amide bonds. The highest BCUT2D eigenvalue weighted by Crippen LogP contribution is 2.34. The molecule has 1 aromatic rings. The summed E-state index contributed by atoms with van der Waals surface area (Å²) < 4.78 is 0. The molecule has 20 heavy (non-hydrogen) atoms. The van der Waals surface area contributed by atoms with Crippen molar-refractivity contribution in [3.8, 4) is 0 Å². The number of hydrogen-bond donors (Lipinski definition) is 1. The van der Waals surface area contributed by atoms with Crippen LogP contribution < -0.4 is 5.32 Å². The number of rotatable bonds is 4. The molecule has 4 nitrogen and oxygen atoms in total. The zero-order valence-electron chi connectivity index (χ0n) is 12.6. The highest BCUT2D eigenvalue weighted by molar-refractivity contribution is 5.63. The molecular formula is C16H24N2O2. The first-order valence-corrected chi connectivity index (χ1v) is 7.50. The van der Waals surface area contributed by atoms with Gasteiger partial charge in [0.05, 0.1) is 4.92 Å². The van der Waals surface area contributed by atoms with Gasteiger partial charge in [0.15, 0.2) is 0 Å². The second-order valence-corrected chi connectivity index (χ2v) is 6.22. The molecule has 0 spiro atoms. The summed E-state index contributed by atoms with van der Waals surface area (Å²) in [7, 11) is 0. The lowest BCUT2D eigenvalue weighted by molar-refractivity contribution is -0.384. The summed E-state index contributed by atoms with van der Waals surface area (Å²) in [6, 6.07) is 5.64. The number of nitrogens with one attached hydrogen (secondary N) is 1. The van der Waals surface area contributed by atoms with E-state index in [2.05, 4.69) is 19.2 Å². The molecule has 1 aliphatic rings. The Morgan fingerprint density at radius 1 is 1.30 bits per heavy atom. The summed E-state index contributed by atoms with van der Waals surface area (Å²) in [6.45, 7) is 6.46. The zero-order chi connectivity index (χ0) is 14.7. The van der Waals surface area contributed by atoms with Crippen LogP contribution in [0.15, 0.2) is 18.2 Å². The van der Waals surface area contributed by atoms with Gasteiger partial charge in [0.25, 0.3) is 5.69 Å². The second kappa shape index (κ2) is 6.25. The fraction of sp³-hybridized carbons (Fsp3) is 0.625. The molecule has 1 saturated carbocycles. The SMILES string of the molecule is Cc1ccc([N+](=O)[O-])c(NC2CCCCC2C(C)C)c1. The highest BCUT2D eigenvalue weighted by Gasteiger charge is 2.29. The maximum atomic E-state index is 11.2. The smallest absolute Gasteiger partial charge is 0.292 e. The number of hydrogen-bond acceptors (Lipinski definition) is 3. The van der Waals surface area contributed by atoms with Gasteiger partial charge >= 0.3 is 0 Å². The van der Waals surface area contributed by atoms with Gasteiger partial charge in [-0.3, -0.25) is 10.1 Å². The Kier molecular flexibility index (Phi) is 4.63. The Morgan fingerprint density at radius 2 is 2.00 bits per heavy atom. The van der Waals surface area contributed by atoms with Gasteiger partial charge in [-0.05, 0) is 43.2 Å². The van der Waals surface area contributed by atoms with Gasteiger partial charge in [-0.1, -0.05) is 32.8 Å². The largest absolute Gasteiger partial charge is 0.376 e. The summed E-state index contributed by atoms with van der Waals surface area (Å²) in [5.74, 6) is 1.21. The van der Waals surface area contributed by atoms with Crippen molar-refractivity contribution in [2.24, 2.45) is 11.8 Å². The molecule has 4 heteroatoms. The fourth-order valence-corrected chi connectivity index (χ4v) is 3.26. The van der Waals surface area contributed by atoms with Crippen LogP contribution in [0.2, 0.25) is 0 Å². The molecule has 0 aromatic heterocycles. The fourth-order valence-electron chi connectivity index (χ4n) is 3.26. The van der Waals surface area contributed by atoms with E-state index in [0.717, 1.165) is 12.0 Å². The van der Waals surface area contributed by atoms with Crippen LogP contribution in [-0.4, -0.2) is 11.0 Å². The van der Waals surface area contributed by atoms with E-state index in [-0.39, 0.29) is 10.6 Å². The summed E-state index contributed by atoms with van der Waals surface area (Å²) >= 11 is 0. The number of benzene rings is 1. The summed E-state index contributed by atoms with van der Waals surface area (Å²) in [5.41, 5.74) is 1.91. The summed E-state index contributed by atoms with van der Waals surface area (Å²) in [5, 5.41) is 14.6. The minimum atomic E-state index is -0.297. The molecular weight excluding hydrogens is 252 g/mol. The maximum absolute atomic E-state index is 11.2. The van der Waals surface area contributed by atoms with E-state index in [9.17, 15) is 10.1 Å². The third-order valence-electron chi connectivity index (χ3n) is 4.37. The molecule has 0 saturated heterocycles. The van der Waals surface area contributed by atoms with Crippen LogP contribution in [-0.2, 0) is 0 Å². The topological polar surface area (TPSA) is 55.2 Å². The molecule has 0 bridgehead atoms. The zero-order valence-corrected chi connectivity index (χ0v) is 12.6. The van der Waals surface area contributed by atoms with Gasteiger partial charge in [0.1, 0.15) is 5.69 Å². The molecule has 1 N–H and O–H groups in total. The summed E-state index contributed by atoms with van der Waals surface area (Å²) in [4.78, 5) is 10.9. The Balaban J connectivity index is 2.23. The first kappa shape index (κ1) is 14.8. The molecule has 110 valence electrons. The van der Waals surface area contributed by atoms with Crippen molar-refractivity contribution in [2.45, 2.75) is 52.5 Å². The molecule has 1 aromatic carbocycles. The van der Waals surface area contributed by atoms with E-state index < -0.39 is 0 Å². The Bertz CT molecular complexity index is 485. The lowest BCUT2D eigenvalue weighted by atomic mass is 9.77. The third-order valence-corrected chi connectivity index (χ3v) is 4.37. The van der Waals surface area contributed by atoms with E-state index in [0.29, 0.717) is 23.6 Å². The maximum Gasteiger partial charge on any atom is 0.292 e. The lowest BCUT2D eigenvalue weighted by Crippen LogP contribution is -2.35. The lowest BCUT2D eigenvalue weighted by Gasteiger charge is -2.35. The van der Waals surface area contributed by atoms with Gasteiger partial charge in [0, 0.05) is 12.1 Å². The highest BCUT2D eigenvalue weighted by atomic mass is 16.6. The Hall–Kier alpha value is -1.58. The van der Waals surface area contributed by atoms with E-state index >= 15 is 0 Å². The Morgan fingerprint density at radius 3 is 2.65 bits per heavy atom. The number of nitro benzene ring substituents is 1. The van der Waals surface area contributed by atoms with Crippen LogP contribution in [0.3, 0.4) is 0 Å². The number of nitro groups is 1. The molecule has 0 radical (unpaired) electrons. The molecule has 0 aliphatic heterocycles. The van der Waals surface area contributed by atoms with Crippen LogP contribution in [0.1, 0.15) is 45.1 Å². The van der Waals surface area contributed by atoms with Gasteiger partial charge in [0.2, 0.25) is 0 Å². The molecule has 2 rings (SSSR count). The average Bonchev–Trinajstić information content (AvgIpc) is 2.38. The predicted octanol–water partition coefficient (Wildman–Crippen LogP) is 4.53. The van der Waals surface area contributed by atoms with Crippen molar-refractivity contribution < 1.29 is 4.92 Å². The van der Waals surface area contributed by atoms with E-state index in [4.69, 9.17) is 0 Å². The Labute approximate surface area is 120 Å². The number of aryl methyl sites for hydroxylation is 1. The molecule has 1 fully saturated rings. The molecule has 2 unspecified atom stereocenters. The molecule has 0 heterocycles. The minimum Gasteiger partial charge on any atom is -0.376 e. The van der Waals surface area contributed by atoms with Crippen LogP contribution in [0.25, 0.3) is 0 Å². The first-order valence-electron chi connectivity index (χ1n) is 7.50. The van der Waals surface area contributed by atoms with Gasteiger partial charge < -0.3 is 5.32 Å². The van der Waals surface area contributed by atoms with E-state index in [1.54, 1.807) is 12.1 Å². The van der Waals surface area contributed by atoms with Crippen molar-refractivity contribution in [1.29, 1.82) is 0 Å². The van der Waals surface area contributed by atoms with Gasteiger partial charge in [-0.25, -0.2) is 0 Å². The van der Waals surface area contributed by atoms with Crippen molar-refractivity contribution >= 4 is 11.4 Å². The van der Waals surface area contributed by atoms with Gasteiger partial charge in [-0.2, -0.15) is 0 Å². The molecule has 2 atom stereocenters. The van der Waals surface area contributed by atoms with Crippen LogP contribution in [0.5, 0.6) is 0 Å². The quantitative estimate of drug-likeness (QED) is 0.649. The first-order chi connectivity index (χ1) is 9.49. The van der Waals surface area contributed by atoms with Crippen molar-refractivity contribution in [3.63, 3.8) is 0 Å². The third kappa shape index (κ3) is 3.30. The summed E-state index contributed by atoms with van der Waals surface area (Å²) in [6.07, 6.45) is 4.81. The molecule has 1 aliphatic carbocycles. The number of anilines is 1.